The van der Waals surface area contributed by atoms with Crippen molar-refractivity contribution in [3.05, 3.63) is 53.1 Å². The number of rotatable bonds is 5. The van der Waals surface area contributed by atoms with Crippen LogP contribution >= 0.6 is 11.6 Å². The summed E-state index contributed by atoms with van der Waals surface area (Å²) in [5.74, 6) is 0.349. The minimum absolute atomic E-state index is 0.00288. The Kier molecular flexibility index (Phi) is 7.40. The molecule has 2 aromatic rings. The molecule has 0 saturated carbocycles. The summed E-state index contributed by atoms with van der Waals surface area (Å²) in [7, 11) is 0. The first-order valence-corrected chi connectivity index (χ1v) is 11.9. The van der Waals surface area contributed by atoms with E-state index < -0.39 is 0 Å². The van der Waals surface area contributed by atoms with E-state index in [1.165, 1.54) is 36.2 Å². The molecule has 3 fully saturated rings. The number of aryl methyl sites for hydroxylation is 1. The van der Waals surface area contributed by atoms with Gasteiger partial charge >= 0.3 is 0 Å². The van der Waals surface area contributed by atoms with E-state index in [1.54, 1.807) is 6.07 Å². The zero-order valence-corrected chi connectivity index (χ0v) is 19.7. The smallest absolute Gasteiger partial charge is 0.237 e. The highest BCUT2D eigenvalue weighted by Gasteiger charge is 2.45. The van der Waals surface area contributed by atoms with Crippen LogP contribution in [0.15, 0.2) is 42.5 Å². The number of aromatic hydroxyl groups is 1. The molecule has 2 bridgehead atoms. The number of carbonyl (C=O) groups is 2. The molecule has 3 aliphatic rings. The number of amides is 2. The first-order valence-electron chi connectivity index (χ1n) is 11.5. The highest BCUT2D eigenvalue weighted by molar-refractivity contribution is 6.32. The topological polar surface area (TPSA) is 76.1 Å². The number of halogens is 1. The van der Waals surface area contributed by atoms with Crippen LogP contribution in [0.4, 0.5) is 11.4 Å². The summed E-state index contributed by atoms with van der Waals surface area (Å²) in [5, 5.41) is 11.6. The Balaban J connectivity index is 0.000000200. The summed E-state index contributed by atoms with van der Waals surface area (Å²) < 4.78 is 0. The number of phenols is 1. The zero-order chi connectivity index (χ0) is 23.4. The number of hydrogen-bond acceptors (Lipinski definition) is 5. The molecule has 7 nitrogen and oxygen atoms in total. The number of nitrogens with one attached hydrogen (secondary N) is 1. The second-order valence-corrected chi connectivity index (χ2v) is 9.40. The number of anilines is 2. The minimum Gasteiger partial charge on any atom is -0.506 e. The number of phenolic OH excluding ortho intramolecular Hbond substituents is 1. The second kappa shape index (κ2) is 10.4. The Morgan fingerprint density at radius 3 is 2.58 bits per heavy atom. The molecule has 8 heteroatoms. The summed E-state index contributed by atoms with van der Waals surface area (Å²) in [6.07, 6.45) is 4.18. The van der Waals surface area contributed by atoms with Gasteiger partial charge in [0.1, 0.15) is 5.75 Å². The fraction of sp³-hybridized carbons (Fsp3) is 0.440. The van der Waals surface area contributed by atoms with E-state index >= 15 is 0 Å². The largest absolute Gasteiger partial charge is 0.506 e. The molecule has 3 aliphatic heterocycles. The third kappa shape index (κ3) is 5.60. The summed E-state index contributed by atoms with van der Waals surface area (Å²) in [4.78, 5) is 29.5. The highest BCUT2D eigenvalue weighted by Crippen LogP contribution is 2.35. The van der Waals surface area contributed by atoms with Gasteiger partial charge < -0.3 is 20.2 Å². The van der Waals surface area contributed by atoms with Gasteiger partial charge in [0, 0.05) is 30.5 Å². The lowest BCUT2D eigenvalue weighted by Gasteiger charge is -2.36. The van der Waals surface area contributed by atoms with Crippen molar-refractivity contribution in [2.75, 3.05) is 42.9 Å². The van der Waals surface area contributed by atoms with E-state index in [0.29, 0.717) is 36.6 Å². The molecule has 33 heavy (non-hydrogen) atoms. The van der Waals surface area contributed by atoms with Crippen LogP contribution in [0, 0.1) is 6.92 Å². The van der Waals surface area contributed by atoms with Crippen molar-refractivity contribution in [3.63, 3.8) is 0 Å². The molecule has 2 N–H and O–H groups in total. The van der Waals surface area contributed by atoms with Gasteiger partial charge in [-0.1, -0.05) is 23.7 Å². The number of likely N-dealkylation sites (tertiary alicyclic amines) is 2. The lowest BCUT2D eigenvalue weighted by molar-refractivity contribution is -0.133. The molecule has 3 heterocycles. The molecular weight excluding hydrogens is 440 g/mol. The molecule has 0 aromatic heterocycles. The molecule has 0 radical (unpaired) electrons. The van der Waals surface area contributed by atoms with E-state index in [4.69, 9.17) is 16.7 Å². The second-order valence-electron chi connectivity index (χ2n) is 8.99. The lowest BCUT2D eigenvalue weighted by Crippen LogP contribution is -2.51. The van der Waals surface area contributed by atoms with Crippen LogP contribution < -0.4 is 10.2 Å². The van der Waals surface area contributed by atoms with Crippen LogP contribution in [-0.2, 0) is 9.59 Å². The van der Waals surface area contributed by atoms with Gasteiger partial charge in [-0.3, -0.25) is 14.5 Å². The monoisotopic (exact) mass is 470 g/mol. The highest BCUT2D eigenvalue weighted by atomic mass is 35.5. The van der Waals surface area contributed by atoms with E-state index in [9.17, 15) is 9.59 Å². The van der Waals surface area contributed by atoms with Crippen molar-refractivity contribution in [2.24, 2.45) is 0 Å². The number of hydrogen-bond donors (Lipinski definition) is 2. The van der Waals surface area contributed by atoms with Gasteiger partial charge in [-0.2, -0.15) is 0 Å². The Morgan fingerprint density at radius 2 is 1.94 bits per heavy atom. The van der Waals surface area contributed by atoms with Crippen molar-refractivity contribution in [3.8, 4) is 5.75 Å². The maximum Gasteiger partial charge on any atom is 0.237 e. The van der Waals surface area contributed by atoms with Crippen LogP contribution in [0.3, 0.4) is 0 Å². The van der Waals surface area contributed by atoms with E-state index in [-0.39, 0.29) is 10.8 Å². The molecule has 2 unspecified atom stereocenters. The van der Waals surface area contributed by atoms with Crippen LogP contribution in [0.25, 0.3) is 0 Å². The van der Waals surface area contributed by atoms with Crippen molar-refractivity contribution in [1.82, 2.24) is 9.80 Å². The molecule has 2 aromatic carbocycles. The van der Waals surface area contributed by atoms with Crippen molar-refractivity contribution in [1.29, 1.82) is 0 Å². The van der Waals surface area contributed by atoms with Crippen LogP contribution in [-0.4, -0.2) is 72.0 Å². The van der Waals surface area contributed by atoms with Gasteiger partial charge in [-0.05, 0) is 75.2 Å². The minimum atomic E-state index is 0.00288. The summed E-state index contributed by atoms with van der Waals surface area (Å²) in [6, 6.07) is 14.1. The average molecular weight is 471 g/mol. The molecule has 2 atom stereocenters. The van der Waals surface area contributed by atoms with Crippen LogP contribution in [0.5, 0.6) is 5.75 Å². The maximum absolute atomic E-state index is 12.6. The van der Waals surface area contributed by atoms with Gasteiger partial charge in [0.15, 0.2) is 0 Å². The number of fused-ring (bicyclic) bond motifs is 2. The van der Waals surface area contributed by atoms with Crippen LogP contribution in [0.1, 0.15) is 24.8 Å². The standard InChI is InChI=1S/C18H25N3O.C7H6ClNO2/c1-14-5-4-6-15(9-14)20-11-17-10-16(20)12-21(17)18(22)13-19-7-2-3-8-19;8-6-3-5(9-4-10)1-2-7(6)11/h4-6,9,16-17H,2-3,7-8,10-13H2,1H3;1-4,11H,(H,9,10). The first-order chi connectivity index (χ1) is 15.9. The van der Waals surface area contributed by atoms with Gasteiger partial charge in [0.05, 0.1) is 17.6 Å². The number of carbonyl (C=O) groups excluding carboxylic acids is 2. The van der Waals surface area contributed by atoms with E-state index in [0.717, 1.165) is 32.6 Å². The van der Waals surface area contributed by atoms with Crippen molar-refractivity contribution < 1.29 is 14.7 Å². The van der Waals surface area contributed by atoms with Crippen molar-refractivity contribution >= 4 is 35.3 Å². The quantitative estimate of drug-likeness (QED) is 0.516. The van der Waals surface area contributed by atoms with Gasteiger partial charge in [-0.25, -0.2) is 0 Å². The van der Waals surface area contributed by atoms with Gasteiger partial charge in [0.2, 0.25) is 12.3 Å². The summed E-state index contributed by atoms with van der Waals surface area (Å²) >= 11 is 5.54. The SMILES string of the molecule is Cc1cccc(N2CC3CC2CN3C(=O)CN2CCCC2)c1.O=CNc1ccc(O)c(Cl)c1. The van der Waals surface area contributed by atoms with E-state index in [1.807, 2.05) is 0 Å². The Morgan fingerprint density at radius 1 is 1.15 bits per heavy atom. The maximum atomic E-state index is 12.6. The molecule has 2 amide bonds. The van der Waals surface area contributed by atoms with E-state index in [2.05, 4.69) is 51.2 Å². The zero-order valence-electron chi connectivity index (χ0n) is 18.9. The fourth-order valence-corrected chi connectivity index (χ4v) is 5.16. The molecule has 0 aliphatic carbocycles. The predicted octanol–water partition coefficient (Wildman–Crippen LogP) is 3.49. The first kappa shape index (κ1) is 23.4. The molecule has 3 saturated heterocycles. The molecular formula is C25H31ClN4O3. The van der Waals surface area contributed by atoms with Crippen molar-refractivity contribution in [2.45, 2.75) is 38.3 Å². The average Bonchev–Trinajstić information content (AvgIpc) is 3.54. The molecule has 176 valence electrons. The normalized spacial score (nSPS) is 21.6. The number of piperazine rings is 1. The molecule has 5 rings (SSSR count). The summed E-state index contributed by atoms with van der Waals surface area (Å²) in [5.41, 5.74) is 3.18. The van der Waals surface area contributed by atoms with Gasteiger partial charge in [-0.15, -0.1) is 0 Å². The number of benzene rings is 2. The number of nitrogens with zero attached hydrogens (tertiary/aromatic N) is 3. The third-order valence-corrected chi connectivity index (χ3v) is 6.93. The Labute approximate surface area is 199 Å². The fourth-order valence-electron chi connectivity index (χ4n) is 4.98. The predicted molar refractivity (Wildman–Crippen MR) is 131 cm³/mol. The molecule has 0 spiro atoms. The third-order valence-electron chi connectivity index (χ3n) is 6.63. The Bertz CT molecular complexity index is 995. The van der Waals surface area contributed by atoms with Gasteiger partial charge in [0.25, 0.3) is 0 Å². The summed E-state index contributed by atoms with van der Waals surface area (Å²) in [6.45, 7) is 6.88. The Hall–Kier alpha value is -2.77. The lowest BCUT2D eigenvalue weighted by atomic mass is 10.2. The van der Waals surface area contributed by atoms with Crippen LogP contribution in [0.2, 0.25) is 5.02 Å².